The second kappa shape index (κ2) is 4.96. The van der Waals surface area contributed by atoms with Gasteiger partial charge in [0.05, 0.1) is 19.6 Å². The molecule has 1 atom stereocenters. The maximum atomic E-state index is 13.0. The molecule has 0 radical (unpaired) electrons. The average molecular weight is 271 g/mol. The van der Waals surface area contributed by atoms with Crippen LogP contribution in [0.2, 0.25) is 0 Å². The van der Waals surface area contributed by atoms with E-state index in [1.165, 1.54) is 12.1 Å². The predicted octanol–water partition coefficient (Wildman–Crippen LogP) is 3.31. The van der Waals surface area contributed by atoms with Gasteiger partial charge in [-0.1, -0.05) is 12.1 Å². The van der Waals surface area contributed by atoms with Gasteiger partial charge in [0, 0.05) is 5.69 Å². The van der Waals surface area contributed by atoms with Crippen LogP contribution in [0, 0.1) is 5.82 Å². The summed E-state index contributed by atoms with van der Waals surface area (Å²) in [5, 5.41) is 0. The Morgan fingerprint density at radius 1 is 1.10 bits per heavy atom. The molecule has 0 bridgehead atoms. The van der Waals surface area contributed by atoms with Crippen molar-refractivity contribution >= 4 is 11.6 Å². The quantitative estimate of drug-likeness (QED) is 0.801. The topological polar surface area (TPSA) is 29.5 Å². The number of amides is 1. The fourth-order valence-electron chi connectivity index (χ4n) is 2.44. The van der Waals surface area contributed by atoms with Gasteiger partial charge >= 0.3 is 0 Å². The summed E-state index contributed by atoms with van der Waals surface area (Å²) in [6.07, 6.45) is 0.456. The molecule has 0 N–H and O–H groups in total. The number of carbonyl (C=O) groups excluding carboxylic acids is 1. The smallest absolute Gasteiger partial charge is 0.230 e. The highest BCUT2D eigenvalue weighted by Crippen LogP contribution is 2.39. The molecule has 20 heavy (non-hydrogen) atoms. The first kappa shape index (κ1) is 12.7. The molecule has 0 saturated carbocycles. The van der Waals surface area contributed by atoms with E-state index in [4.69, 9.17) is 4.74 Å². The third kappa shape index (κ3) is 2.13. The number of halogens is 1. The summed E-state index contributed by atoms with van der Waals surface area (Å²) in [5.41, 5.74) is 1.78. The van der Waals surface area contributed by atoms with Crippen molar-refractivity contribution in [3.8, 4) is 5.75 Å². The van der Waals surface area contributed by atoms with Crippen LogP contribution in [0.25, 0.3) is 0 Å². The molecule has 1 aliphatic heterocycles. The average Bonchev–Trinajstić information content (AvgIpc) is 2.46. The number of carbonyl (C=O) groups is 1. The molecule has 1 saturated heterocycles. The lowest BCUT2D eigenvalue weighted by atomic mass is 9.93. The number of anilines is 1. The minimum Gasteiger partial charge on any atom is -0.497 e. The van der Waals surface area contributed by atoms with E-state index in [1.54, 1.807) is 24.1 Å². The van der Waals surface area contributed by atoms with E-state index >= 15 is 0 Å². The van der Waals surface area contributed by atoms with Gasteiger partial charge < -0.3 is 9.64 Å². The maximum absolute atomic E-state index is 13.0. The van der Waals surface area contributed by atoms with Gasteiger partial charge in [0.1, 0.15) is 11.6 Å². The predicted molar refractivity (Wildman–Crippen MR) is 74.2 cm³/mol. The van der Waals surface area contributed by atoms with Crippen molar-refractivity contribution in [1.82, 2.24) is 0 Å². The molecular weight excluding hydrogens is 257 g/mol. The van der Waals surface area contributed by atoms with Crippen LogP contribution in [0.1, 0.15) is 18.0 Å². The van der Waals surface area contributed by atoms with Crippen LogP contribution in [-0.2, 0) is 4.79 Å². The molecule has 3 nitrogen and oxygen atoms in total. The van der Waals surface area contributed by atoms with E-state index in [-0.39, 0.29) is 17.8 Å². The van der Waals surface area contributed by atoms with Crippen LogP contribution in [0.4, 0.5) is 10.1 Å². The number of β-lactam (4-membered cyclic amide) rings is 1. The zero-order chi connectivity index (χ0) is 14.1. The Balaban J connectivity index is 1.87. The molecular formula is C16H14FNO2. The lowest BCUT2D eigenvalue weighted by Gasteiger charge is -2.40. The number of rotatable bonds is 3. The van der Waals surface area contributed by atoms with Gasteiger partial charge in [-0.2, -0.15) is 0 Å². The van der Waals surface area contributed by atoms with Crippen LogP contribution in [0.3, 0.4) is 0 Å². The monoisotopic (exact) mass is 271 g/mol. The van der Waals surface area contributed by atoms with Gasteiger partial charge in [-0.25, -0.2) is 4.39 Å². The zero-order valence-electron chi connectivity index (χ0n) is 11.0. The summed E-state index contributed by atoms with van der Waals surface area (Å²) in [7, 11) is 1.60. The minimum absolute atomic E-state index is 0.0171. The normalized spacial score (nSPS) is 17.8. The molecule has 1 aliphatic rings. The number of nitrogens with zero attached hydrogens (tertiary/aromatic N) is 1. The summed E-state index contributed by atoms with van der Waals surface area (Å²) in [6, 6.07) is 13.6. The number of ether oxygens (including phenoxy) is 1. The molecule has 2 aromatic carbocycles. The van der Waals surface area contributed by atoms with Gasteiger partial charge in [0.2, 0.25) is 5.91 Å². The number of methoxy groups -OCH3 is 1. The molecule has 102 valence electrons. The first-order valence-corrected chi connectivity index (χ1v) is 6.40. The van der Waals surface area contributed by atoms with Crippen LogP contribution in [-0.4, -0.2) is 13.0 Å². The Morgan fingerprint density at radius 3 is 2.30 bits per heavy atom. The Labute approximate surface area is 116 Å². The first-order valence-electron chi connectivity index (χ1n) is 6.40. The Kier molecular flexibility index (Phi) is 3.14. The standard InChI is InChI=1S/C16H14FNO2/c1-20-14-8-6-13(7-9-14)18-15(10-16(18)19)11-2-4-12(17)5-3-11/h2-9,15H,10H2,1H3. The van der Waals surface area contributed by atoms with E-state index < -0.39 is 0 Å². The SMILES string of the molecule is COc1ccc(N2C(=O)CC2c2ccc(F)cc2)cc1. The maximum Gasteiger partial charge on any atom is 0.230 e. The van der Waals surface area contributed by atoms with E-state index in [2.05, 4.69) is 0 Å². The molecule has 0 aromatic heterocycles. The molecule has 1 fully saturated rings. The van der Waals surface area contributed by atoms with Crippen molar-refractivity contribution in [3.05, 3.63) is 59.9 Å². The van der Waals surface area contributed by atoms with Gasteiger partial charge in [-0.3, -0.25) is 4.79 Å². The van der Waals surface area contributed by atoms with Gasteiger partial charge in [-0.15, -0.1) is 0 Å². The highest BCUT2D eigenvalue weighted by Gasteiger charge is 2.38. The number of hydrogen-bond donors (Lipinski definition) is 0. The molecule has 2 aromatic rings. The highest BCUT2D eigenvalue weighted by molar-refractivity contribution is 6.01. The van der Waals surface area contributed by atoms with E-state index in [0.717, 1.165) is 17.0 Å². The Hall–Kier alpha value is -2.36. The first-order chi connectivity index (χ1) is 9.69. The van der Waals surface area contributed by atoms with Crippen molar-refractivity contribution in [2.75, 3.05) is 12.0 Å². The zero-order valence-corrected chi connectivity index (χ0v) is 11.0. The summed E-state index contributed by atoms with van der Waals surface area (Å²) < 4.78 is 18.1. The minimum atomic E-state index is -0.268. The fraction of sp³-hybridized carbons (Fsp3) is 0.188. The van der Waals surface area contributed by atoms with Crippen LogP contribution < -0.4 is 9.64 Å². The van der Waals surface area contributed by atoms with Crippen molar-refractivity contribution in [1.29, 1.82) is 0 Å². The third-order valence-electron chi connectivity index (χ3n) is 3.55. The molecule has 3 rings (SSSR count). The second-order valence-electron chi connectivity index (χ2n) is 4.73. The van der Waals surface area contributed by atoms with Crippen molar-refractivity contribution in [2.24, 2.45) is 0 Å². The van der Waals surface area contributed by atoms with Gasteiger partial charge in [0.15, 0.2) is 0 Å². The summed E-state index contributed by atoms with van der Waals surface area (Å²) in [6.45, 7) is 0. The number of benzene rings is 2. The van der Waals surface area contributed by atoms with Crippen LogP contribution in [0.15, 0.2) is 48.5 Å². The lowest BCUT2D eigenvalue weighted by Crippen LogP contribution is -2.46. The van der Waals surface area contributed by atoms with Gasteiger partial charge in [-0.05, 0) is 42.0 Å². The summed E-state index contributed by atoms with van der Waals surface area (Å²) in [5.74, 6) is 0.556. The van der Waals surface area contributed by atoms with Crippen molar-refractivity contribution in [2.45, 2.75) is 12.5 Å². The molecule has 1 amide bonds. The van der Waals surface area contributed by atoms with Crippen molar-refractivity contribution < 1.29 is 13.9 Å². The lowest BCUT2D eigenvalue weighted by molar-refractivity contribution is -0.124. The Morgan fingerprint density at radius 2 is 1.75 bits per heavy atom. The molecule has 0 spiro atoms. The van der Waals surface area contributed by atoms with E-state index in [9.17, 15) is 9.18 Å². The molecule has 0 aliphatic carbocycles. The second-order valence-corrected chi connectivity index (χ2v) is 4.73. The van der Waals surface area contributed by atoms with Crippen LogP contribution >= 0.6 is 0 Å². The fourth-order valence-corrected chi connectivity index (χ4v) is 2.44. The summed E-state index contributed by atoms with van der Waals surface area (Å²) in [4.78, 5) is 13.6. The van der Waals surface area contributed by atoms with Crippen LogP contribution in [0.5, 0.6) is 5.75 Å². The van der Waals surface area contributed by atoms with E-state index in [1.807, 2.05) is 24.3 Å². The molecule has 1 unspecified atom stereocenters. The third-order valence-corrected chi connectivity index (χ3v) is 3.55. The highest BCUT2D eigenvalue weighted by atomic mass is 19.1. The number of hydrogen-bond acceptors (Lipinski definition) is 2. The summed E-state index contributed by atoms with van der Waals surface area (Å²) >= 11 is 0. The van der Waals surface area contributed by atoms with Crippen molar-refractivity contribution in [3.63, 3.8) is 0 Å². The van der Waals surface area contributed by atoms with E-state index in [0.29, 0.717) is 6.42 Å². The molecule has 1 heterocycles. The molecule has 4 heteroatoms. The largest absolute Gasteiger partial charge is 0.497 e. The Bertz CT molecular complexity index is 622. The van der Waals surface area contributed by atoms with Gasteiger partial charge in [0.25, 0.3) is 0 Å².